The van der Waals surface area contributed by atoms with Crippen LogP contribution in [0.4, 0.5) is 0 Å². The third-order valence-corrected chi connectivity index (χ3v) is 1.97. The highest BCUT2D eigenvalue weighted by Crippen LogP contribution is 2.15. The van der Waals surface area contributed by atoms with Crippen molar-refractivity contribution in [3.8, 4) is 5.75 Å². The second-order valence-corrected chi connectivity index (χ2v) is 3.21. The minimum absolute atomic E-state index is 0.262. The number of benzene rings is 1. The van der Waals surface area contributed by atoms with Crippen LogP contribution in [0, 0.1) is 0 Å². The van der Waals surface area contributed by atoms with Gasteiger partial charge in [0.05, 0.1) is 10.9 Å². The van der Waals surface area contributed by atoms with Crippen LogP contribution in [0.2, 0.25) is 0 Å². The molecule has 0 aliphatic carbocycles. The second kappa shape index (κ2) is 3.65. The van der Waals surface area contributed by atoms with Gasteiger partial charge in [0.1, 0.15) is 5.75 Å². The van der Waals surface area contributed by atoms with Crippen molar-refractivity contribution in [1.29, 1.82) is 0 Å². The van der Waals surface area contributed by atoms with Crippen LogP contribution in [0.25, 0.3) is 10.9 Å². The summed E-state index contributed by atoms with van der Waals surface area (Å²) in [6.07, 6.45) is 0. The SMILES string of the molecule is CC(=O)Oc1ccc2[nH]c(=O)[nH]c(=O)c2c1. The maximum Gasteiger partial charge on any atom is 0.326 e. The Hall–Kier alpha value is -2.37. The van der Waals surface area contributed by atoms with E-state index in [0.717, 1.165) is 0 Å². The number of carbonyl (C=O) groups is 1. The lowest BCUT2D eigenvalue weighted by Crippen LogP contribution is -2.21. The lowest BCUT2D eigenvalue weighted by atomic mass is 10.2. The van der Waals surface area contributed by atoms with Crippen LogP contribution < -0.4 is 16.0 Å². The fraction of sp³-hybridized carbons (Fsp3) is 0.100. The van der Waals surface area contributed by atoms with Crippen molar-refractivity contribution in [3.05, 3.63) is 39.0 Å². The highest BCUT2D eigenvalue weighted by Gasteiger charge is 2.04. The molecule has 0 spiro atoms. The Morgan fingerprint density at radius 2 is 2.00 bits per heavy atom. The zero-order valence-electron chi connectivity index (χ0n) is 8.37. The molecule has 1 heterocycles. The van der Waals surface area contributed by atoms with Crippen LogP contribution in [-0.4, -0.2) is 15.9 Å². The van der Waals surface area contributed by atoms with Gasteiger partial charge in [0.15, 0.2) is 0 Å². The molecule has 0 aliphatic rings. The Balaban J connectivity index is 2.66. The van der Waals surface area contributed by atoms with E-state index in [2.05, 4.69) is 9.97 Å². The Kier molecular flexibility index (Phi) is 2.32. The Labute approximate surface area is 88.9 Å². The van der Waals surface area contributed by atoms with E-state index in [-0.39, 0.29) is 11.1 Å². The van der Waals surface area contributed by atoms with Gasteiger partial charge in [-0.2, -0.15) is 0 Å². The quantitative estimate of drug-likeness (QED) is 0.528. The highest BCUT2D eigenvalue weighted by atomic mass is 16.5. The summed E-state index contributed by atoms with van der Waals surface area (Å²) in [6.45, 7) is 1.27. The van der Waals surface area contributed by atoms with Gasteiger partial charge in [-0.05, 0) is 18.2 Å². The number of aromatic amines is 2. The molecule has 1 aromatic heterocycles. The fourth-order valence-electron chi connectivity index (χ4n) is 1.37. The Morgan fingerprint density at radius 3 is 2.69 bits per heavy atom. The van der Waals surface area contributed by atoms with Crippen molar-refractivity contribution in [1.82, 2.24) is 9.97 Å². The molecular formula is C10H8N2O4. The molecule has 0 aliphatic heterocycles. The van der Waals surface area contributed by atoms with E-state index in [9.17, 15) is 14.4 Å². The van der Waals surface area contributed by atoms with Crippen LogP contribution in [0.3, 0.4) is 0 Å². The van der Waals surface area contributed by atoms with Crippen LogP contribution >= 0.6 is 0 Å². The summed E-state index contributed by atoms with van der Waals surface area (Å²) in [5, 5.41) is 0.262. The average Bonchev–Trinajstić information content (AvgIpc) is 2.18. The molecule has 2 rings (SSSR count). The second-order valence-electron chi connectivity index (χ2n) is 3.21. The van der Waals surface area contributed by atoms with E-state index in [4.69, 9.17) is 4.74 Å². The summed E-state index contributed by atoms with van der Waals surface area (Å²) in [5.74, 6) is -0.210. The molecule has 2 aromatic rings. The molecule has 0 radical (unpaired) electrons. The van der Waals surface area contributed by atoms with E-state index in [1.54, 1.807) is 0 Å². The summed E-state index contributed by atoms with van der Waals surface area (Å²) < 4.78 is 4.82. The third kappa shape index (κ3) is 1.85. The fourth-order valence-corrected chi connectivity index (χ4v) is 1.37. The van der Waals surface area contributed by atoms with Gasteiger partial charge in [-0.1, -0.05) is 0 Å². The number of hydrogen-bond acceptors (Lipinski definition) is 4. The molecule has 6 nitrogen and oxygen atoms in total. The summed E-state index contributed by atoms with van der Waals surface area (Å²) in [7, 11) is 0. The van der Waals surface area contributed by atoms with E-state index in [0.29, 0.717) is 5.52 Å². The molecule has 2 N–H and O–H groups in total. The number of H-pyrrole nitrogens is 2. The summed E-state index contributed by atoms with van der Waals surface area (Å²) in [4.78, 5) is 37.7. The van der Waals surface area contributed by atoms with E-state index >= 15 is 0 Å². The first kappa shape index (κ1) is 10.2. The maximum atomic E-state index is 11.4. The number of esters is 1. The van der Waals surface area contributed by atoms with Crippen LogP contribution in [0.5, 0.6) is 5.75 Å². The van der Waals surface area contributed by atoms with Crippen LogP contribution in [-0.2, 0) is 4.79 Å². The van der Waals surface area contributed by atoms with E-state index in [1.807, 2.05) is 0 Å². The predicted octanol–water partition coefficient (Wildman–Crippen LogP) is 0.142. The first-order chi connectivity index (χ1) is 7.56. The Morgan fingerprint density at radius 1 is 1.25 bits per heavy atom. The van der Waals surface area contributed by atoms with Crippen molar-refractivity contribution in [2.24, 2.45) is 0 Å². The lowest BCUT2D eigenvalue weighted by molar-refractivity contribution is -0.131. The number of fused-ring (bicyclic) bond motifs is 1. The van der Waals surface area contributed by atoms with Gasteiger partial charge in [0, 0.05) is 6.92 Å². The number of rotatable bonds is 1. The predicted molar refractivity (Wildman–Crippen MR) is 56.5 cm³/mol. The molecule has 82 valence electrons. The number of aromatic nitrogens is 2. The molecule has 0 saturated heterocycles. The van der Waals surface area contributed by atoms with Crippen molar-refractivity contribution in [2.45, 2.75) is 6.92 Å². The number of nitrogens with one attached hydrogen (secondary N) is 2. The zero-order valence-corrected chi connectivity index (χ0v) is 8.37. The van der Waals surface area contributed by atoms with E-state index < -0.39 is 17.2 Å². The third-order valence-electron chi connectivity index (χ3n) is 1.97. The minimum atomic E-state index is -0.572. The summed E-state index contributed by atoms with van der Waals surface area (Å²) >= 11 is 0. The molecule has 1 aromatic carbocycles. The normalized spacial score (nSPS) is 10.3. The molecule has 0 atom stereocenters. The van der Waals surface area contributed by atoms with Crippen molar-refractivity contribution < 1.29 is 9.53 Å². The largest absolute Gasteiger partial charge is 0.427 e. The highest BCUT2D eigenvalue weighted by molar-refractivity contribution is 5.80. The number of hydrogen-bond donors (Lipinski definition) is 2. The summed E-state index contributed by atoms with van der Waals surface area (Å²) in [6, 6.07) is 4.40. The molecule has 6 heteroatoms. The Bertz CT molecular complexity index is 668. The minimum Gasteiger partial charge on any atom is -0.427 e. The zero-order chi connectivity index (χ0) is 11.7. The van der Waals surface area contributed by atoms with Gasteiger partial charge >= 0.3 is 11.7 Å². The smallest absolute Gasteiger partial charge is 0.326 e. The average molecular weight is 220 g/mol. The van der Waals surface area contributed by atoms with E-state index in [1.165, 1.54) is 25.1 Å². The van der Waals surface area contributed by atoms with Crippen molar-refractivity contribution in [2.75, 3.05) is 0 Å². The molecular weight excluding hydrogens is 212 g/mol. The first-order valence-electron chi connectivity index (χ1n) is 4.51. The summed E-state index contributed by atoms with van der Waals surface area (Å²) in [5.41, 5.74) is -0.699. The van der Waals surface area contributed by atoms with Gasteiger partial charge in [-0.3, -0.25) is 14.6 Å². The molecule has 0 fully saturated rings. The van der Waals surface area contributed by atoms with Crippen molar-refractivity contribution >= 4 is 16.9 Å². The van der Waals surface area contributed by atoms with Gasteiger partial charge in [0.25, 0.3) is 5.56 Å². The molecule has 0 amide bonds. The number of ether oxygens (including phenoxy) is 1. The molecule has 0 unspecified atom stereocenters. The molecule has 16 heavy (non-hydrogen) atoms. The first-order valence-corrected chi connectivity index (χ1v) is 4.51. The lowest BCUT2D eigenvalue weighted by Gasteiger charge is -2.01. The van der Waals surface area contributed by atoms with Gasteiger partial charge in [0.2, 0.25) is 0 Å². The van der Waals surface area contributed by atoms with Gasteiger partial charge < -0.3 is 9.72 Å². The monoisotopic (exact) mass is 220 g/mol. The van der Waals surface area contributed by atoms with Crippen LogP contribution in [0.1, 0.15) is 6.92 Å². The van der Waals surface area contributed by atoms with Gasteiger partial charge in [-0.25, -0.2) is 4.79 Å². The van der Waals surface area contributed by atoms with Crippen molar-refractivity contribution in [3.63, 3.8) is 0 Å². The maximum absolute atomic E-state index is 11.4. The standard InChI is InChI=1S/C10H8N2O4/c1-5(13)16-6-2-3-8-7(4-6)9(14)12-10(15)11-8/h2-4H,1H3,(H2,11,12,14,15). The topological polar surface area (TPSA) is 92.0 Å². The van der Waals surface area contributed by atoms with Crippen LogP contribution in [0.15, 0.2) is 27.8 Å². The van der Waals surface area contributed by atoms with Gasteiger partial charge in [-0.15, -0.1) is 0 Å². The number of carbonyl (C=O) groups excluding carboxylic acids is 1. The molecule has 0 bridgehead atoms. The molecule has 0 saturated carbocycles.